The Kier molecular flexibility index (Phi) is 5.84. The Balaban J connectivity index is 2.24. The highest BCUT2D eigenvalue weighted by atomic mass is 32.2. The molecule has 2 aromatic carbocycles. The lowest BCUT2D eigenvalue weighted by atomic mass is 10.1. The topological polar surface area (TPSA) is 116 Å². The first-order valence-electron chi connectivity index (χ1n) is 7.22. The van der Waals surface area contributed by atoms with E-state index in [4.69, 9.17) is 0 Å². The van der Waals surface area contributed by atoms with Gasteiger partial charge in [0.05, 0.1) is 16.9 Å². The molecule has 0 saturated heterocycles. The van der Waals surface area contributed by atoms with Crippen molar-refractivity contribution in [2.45, 2.75) is 17.4 Å². The summed E-state index contributed by atoms with van der Waals surface area (Å²) in [6.45, 7) is 0. The van der Waals surface area contributed by atoms with E-state index in [1.165, 1.54) is 7.11 Å². The number of nitrogens with zero attached hydrogens (tertiary/aromatic N) is 1. The van der Waals surface area contributed by atoms with Crippen LogP contribution in [0.2, 0.25) is 0 Å². The molecule has 0 bridgehead atoms. The summed E-state index contributed by atoms with van der Waals surface area (Å²) >= 11 is 0. The van der Waals surface area contributed by atoms with Crippen LogP contribution in [0.3, 0.4) is 0 Å². The zero-order valence-electron chi connectivity index (χ0n) is 13.3. The Bertz CT molecular complexity index is 850. The molecule has 0 aromatic heterocycles. The number of rotatable bonds is 7. The molecule has 132 valence electrons. The second-order valence-electron chi connectivity index (χ2n) is 5.14. The van der Waals surface area contributed by atoms with Gasteiger partial charge in [-0.1, -0.05) is 30.3 Å². The molecule has 0 radical (unpaired) electrons. The van der Waals surface area contributed by atoms with Crippen LogP contribution in [0.15, 0.2) is 59.5 Å². The van der Waals surface area contributed by atoms with Gasteiger partial charge in [0.1, 0.15) is 6.04 Å². The SMILES string of the molecule is COC(=O)[C@@H](Cc1ccccc1)NS(=O)(=O)c1ccc([N+](=O)[O-])cc1. The van der Waals surface area contributed by atoms with E-state index in [2.05, 4.69) is 9.46 Å². The Labute approximate surface area is 144 Å². The number of carbonyl (C=O) groups excluding carboxylic acids is 1. The van der Waals surface area contributed by atoms with E-state index in [-0.39, 0.29) is 17.0 Å². The van der Waals surface area contributed by atoms with Crippen molar-refractivity contribution in [1.29, 1.82) is 0 Å². The van der Waals surface area contributed by atoms with Crippen molar-refractivity contribution in [3.63, 3.8) is 0 Å². The number of benzene rings is 2. The third-order valence-corrected chi connectivity index (χ3v) is 4.91. The highest BCUT2D eigenvalue weighted by molar-refractivity contribution is 7.89. The maximum atomic E-state index is 12.4. The number of sulfonamides is 1. The summed E-state index contributed by atoms with van der Waals surface area (Å²) in [5.41, 5.74) is 0.525. The first kappa shape index (κ1) is 18.6. The number of methoxy groups -OCH3 is 1. The normalized spacial score (nSPS) is 12.4. The maximum Gasteiger partial charge on any atom is 0.324 e. The Hall–Kier alpha value is -2.78. The number of nitro benzene ring substituents is 1. The molecule has 2 aromatic rings. The first-order valence-corrected chi connectivity index (χ1v) is 8.70. The average molecular weight is 364 g/mol. The van der Waals surface area contributed by atoms with Gasteiger partial charge < -0.3 is 4.74 Å². The molecule has 0 aliphatic carbocycles. The second-order valence-corrected chi connectivity index (χ2v) is 6.85. The van der Waals surface area contributed by atoms with Gasteiger partial charge in [-0.2, -0.15) is 4.72 Å². The zero-order valence-corrected chi connectivity index (χ0v) is 14.1. The maximum absolute atomic E-state index is 12.4. The third-order valence-electron chi connectivity index (χ3n) is 3.42. The summed E-state index contributed by atoms with van der Waals surface area (Å²) in [7, 11) is -2.88. The monoisotopic (exact) mass is 364 g/mol. The fourth-order valence-corrected chi connectivity index (χ4v) is 3.35. The van der Waals surface area contributed by atoms with E-state index in [1.807, 2.05) is 0 Å². The van der Waals surface area contributed by atoms with Crippen molar-refractivity contribution in [3.05, 3.63) is 70.3 Å². The van der Waals surface area contributed by atoms with Crippen LogP contribution in [-0.2, 0) is 26.0 Å². The van der Waals surface area contributed by atoms with Gasteiger partial charge in [-0.3, -0.25) is 14.9 Å². The molecule has 0 amide bonds. The molecule has 0 unspecified atom stereocenters. The quantitative estimate of drug-likeness (QED) is 0.454. The van der Waals surface area contributed by atoms with E-state index in [1.54, 1.807) is 30.3 Å². The fourth-order valence-electron chi connectivity index (χ4n) is 2.17. The molecule has 0 aliphatic rings. The van der Waals surface area contributed by atoms with E-state index < -0.39 is 27.0 Å². The minimum Gasteiger partial charge on any atom is -0.468 e. The van der Waals surface area contributed by atoms with Crippen LogP contribution in [-0.4, -0.2) is 32.5 Å². The third kappa shape index (κ3) is 4.85. The molecule has 0 spiro atoms. The first-order chi connectivity index (χ1) is 11.8. The van der Waals surface area contributed by atoms with Gasteiger partial charge in [0.25, 0.3) is 5.69 Å². The highest BCUT2D eigenvalue weighted by Crippen LogP contribution is 2.16. The van der Waals surface area contributed by atoms with Crippen molar-refractivity contribution in [2.24, 2.45) is 0 Å². The number of nitro groups is 1. The number of esters is 1. The molecule has 0 aliphatic heterocycles. The summed E-state index contributed by atoms with van der Waals surface area (Å²) < 4.78 is 31.8. The van der Waals surface area contributed by atoms with Crippen molar-refractivity contribution < 1.29 is 22.9 Å². The molecule has 8 nitrogen and oxygen atoms in total. The van der Waals surface area contributed by atoms with Crippen LogP contribution in [0.25, 0.3) is 0 Å². The molecule has 9 heteroatoms. The van der Waals surface area contributed by atoms with Crippen LogP contribution in [0.5, 0.6) is 0 Å². The van der Waals surface area contributed by atoms with Gasteiger partial charge in [-0.15, -0.1) is 0 Å². The molecule has 0 heterocycles. The number of hydrogen-bond donors (Lipinski definition) is 1. The van der Waals surface area contributed by atoms with Crippen molar-refractivity contribution in [2.75, 3.05) is 7.11 Å². The van der Waals surface area contributed by atoms with Gasteiger partial charge in [-0.25, -0.2) is 8.42 Å². The standard InChI is InChI=1S/C16H16N2O6S/c1-24-16(19)15(11-12-5-3-2-4-6-12)17-25(22,23)14-9-7-13(8-10-14)18(20)21/h2-10,15,17H,11H2,1H3/t15-/m1/s1. The Morgan fingerprint density at radius 2 is 1.76 bits per heavy atom. The van der Waals surface area contributed by atoms with Gasteiger partial charge in [-0.05, 0) is 24.1 Å². The number of hydrogen-bond acceptors (Lipinski definition) is 6. The Morgan fingerprint density at radius 3 is 2.28 bits per heavy atom. The van der Waals surface area contributed by atoms with Crippen LogP contribution in [0.1, 0.15) is 5.56 Å². The molecule has 2 rings (SSSR count). The average Bonchev–Trinajstić information content (AvgIpc) is 2.61. The van der Waals surface area contributed by atoms with Crippen LogP contribution >= 0.6 is 0 Å². The Morgan fingerprint density at radius 1 is 1.16 bits per heavy atom. The van der Waals surface area contributed by atoms with Crippen molar-refractivity contribution in [1.82, 2.24) is 4.72 Å². The smallest absolute Gasteiger partial charge is 0.324 e. The summed E-state index contributed by atoms with van der Waals surface area (Å²) in [4.78, 5) is 21.8. The van der Waals surface area contributed by atoms with E-state index in [9.17, 15) is 23.3 Å². The molecular formula is C16H16N2O6S. The predicted molar refractivity (Wildman–Crippen MR) is 89.4 cm³/mol. The minimum atomic E-state index is -4.05. The summed E-state index contributed by atoms with van der Waals surface area (Å²) in [5.74, 6) is -0.727. The predicted octanol–water partition coefficient (Wildman–Crippen LogP) is 1.66. The molecule has 1 atom stereocenters. The minimum absolute atomic E-state index is 0.111. The van der Waals surface area contributed by atoms with Gasteiger partial charge in [0.2, 0.25) is 10.0 Å². The van der Waals surface area contributed by atoms with Gasteiger partial charge in [0.15, 0.2) is 0 Å². The summed E-state index contributed by atoms with van der Waals surface area (Å²) in [6.07, 6.45) is 0.111. The lowest BCUT2D eigenvalue weighted by Gasteiger charge is -2.16. The molecule has 0 saturated carbocycles. The van der Waals surface area contributed by atoms with E-state index >= 15 is 0 Å². The lowest BCUT2D eigenvalue weighted by molar-refractivity contribution is -0.384. The van der Waals surface area contributed by atoms with Crippen LogP contribution < -0.4 is 4.72 Å². The number of non-ortho nitro benzene ring substituents is 1. The van der Waals surface area contributed by atoms with Crippen molar-refractivity contribution >= 4 is 21.7 Å². The number of carbonyl (C=O) groups is 1. The molecular weight excluding hydrogens is 348 g/mol. The van der Waals surface area contributed by atoms with Crippen LogP contribution in [0.4, 0.5) is 5.69 Å². The largest absolute Gasteiger partial charge is 0.468 e. The lowest BCUT2D eigenvalue weighted by Crippen LogP contribution is -2.42. The van der Waals surface area contributed by atoms with Gasteiger partial charge >= 0.3 is 5.97 Å². The van der Waals surface area contributed by atoms with E-state index in [0.29, 0.717) is 0 Å². The second kappa shape index (κ2) is 7.86. The molecule has 1 N–H and O–H groups in total. The molecule has 25 heavy (non-hydrogen) atoms. The number of nitrogens with one attached hydrogen (secondary N) is 1. The fraction of sp³-hybridized carbons (Fsp3) is 0.188. The van der Waals surface area contributed by atoms with E-state index in [0.717, 1.165) is 29.8 Å². The van der Waals surface area contributed by atoms with Crippen molar-refractivity contribution in [3.8, 4) is 0 Å². The number of ether oxygens (including phenoxy) is 1. The zero-order chi connectivity index (χ0) is 18.4. The summed E-state index contributed by atoms with van der Waals surface area (Å²) in [6, 6.07) is 12.1. The highest BCUT2D eigenvalue weighted by Gasteiger charge is 2.27. The summed E-state index contributed by atoms with van der Waals surface area (Å²) in [5, 5.41) is 10.7. The molecule has 0 fully saturated rings. The van der Waals surface area contributed by atoms with Crippen LogP contribution in [0, 0.1) is 10.1 Å². The van der Waals surface area contributed by atoms with Gasteiger partial charge in [0, 0.05) is 12.1 Å².